The van der Waals surface area contributed by atoms with Gasteiger partial charge in [0, 0.05) is 41.0 Å². The maximum atomic E-state index is 16.1. The molecule has 3 aliphatic heterocycles. The molecule has 4 aliphatic rings. The highest BCUT2D eigenvalue weighted by Gasteiger charge is 2.50. The van der Waals surface area contributed by atoms with Crippen molar-refractivity contribution in [3.05, 3.63) is 22.3 Å². The van der Waals surface area contributed by atoms with Crippen molar-refractivity contribution in [2.24, 2.45) is 0 Å². The maximum Gasteiger partial charge on any atom is 0.319 e. The van der Waals surface area contributed by atoms with E-state index >= 15 is 4.39 Å². The van der Waals surface area contributed by atoms with Gasteiger partial charge in [-0.1, -0.05) is 11.6 Å². The first-order valence-corrected chi connectivity index (χ1v) is 18.0. The average molecular weight is 713 g/mol. The summed E-state index contributed by atoms with van der Waals surface area (Å²) in [7, 11) is 0. The second kappa shape index (κ2) is 10.9. The molecule has 0 unspecified atom stereocenters. The molecule has 0 spiro atoms. The summed E-state index contributed by atoms with van der Waals surface area (Å²) in [6.45, 7) is 4.54. The second-order valence-electron chi connectivity index (χ2n) is 13.8. The average Bonchev–Trinajstić information content (AvgIpc) is 3.45. The van der Waals surface area contributed by atoms with Gasteiger partial charge in [0.05, 0.1) is 45.6 Å². The number of hydrogen-bond donors (Lipinski definition) is 2. The quantitative estimate of drug-likeness (QED) is 0.220. The fourth-order valence-corrected chi connectivity index (χ4v) is 10.5. The number of β-amino-alcohol motifs (C(OH)–C–C–N with tert-alkyl or cyclic N) is 1. The van der Waals surface area contributed by atoms with E-state index in [2.05, 4.69) is 21.2 Å². The van der Waals surface area contributed by atoms with Gasteiger partial charge < -0.3 is 19.5 Å². The topological polar surface area (TPSA) is 136 Å². The van der Waals surface area contributed by atoms with Gasteiger partial charge in [-0.3, -0.25) is 10.00 Å². The number of rotatable bonds is 6. The number of nitrogens with zero attached hydrogens (tertiary/aromatic N) is 7. The summed E-state index contributed by atoms with van der Waals surface area (Å²) in [6, 6.07) is 3.93. The number of aliphatic hydroxyl groups is 1. The van der Waals surface area contributed by atoms with Crippen molar-refractivity contribution in [3.63, 3.8) is 0 Å². The number of nitriles is 1. The van der Waals surface area contributed by atoms with E-state index in [1.807, 2.05) is 4.90 Å². The van der Waals surface area contributed by atoms with Gasteiger partial charge in [-0.25, -0.2) is 8.78 Å². The van der Waals surface area contributed by atoms with E-state index < -0.39 is 17.4 Å². The van der Waals surface area contributed by atoms with Crippen molar-refractivity contribution in [1.82, 2.24) is 29.4 Å². The molecule has 11 nitrogen and oxygen atoms in total. The molecule has 4 aromatic heterocycles. The lowest BCUT2D eigenvalue weighted by atomic mass is 9.94. The normalized spacial score (nSPS) is 27.2. The number of fused-ring (bicyclic) bond motifs is 5. The van der Waals surface area contributed by atoms with Crippen molar-refractivity contribution in [3.8, 4) is 23.3 Å². The SMILES string of the molecule is C[C@@]1(O)COCCN(c2nc(OC[C@@]34CCCN3C[C@H](F)C4)nc3sc4c(-c5c(C6(F)CC6)c(Cl)cc6[nH]nc(C#N)c56)nsc4c23)C1. The molecule has 16 heteroatoms. The lowest BCUT2D eigenvalue weighted by Gasteiger charge is -2.31. The molecule has 1 aromatic carbocycles. The third-order valence-electron chi connectivity index (χ3n) is 10.2. The summed E-state index contributed by atoms with van der Waals surface area (Å²) >= 11 is 9.38. The zero-order chi connectivity index (χ0) is 33.0. The van der Waals surface area contributed by atoms with Crippen LogP contribution in [-0.4, -0.2) is 97.9 Å². The number of benzene rings is 1. The third-order valence-corrected chi connectivity index (χ3v) is 12.6. The molecule has 1 aliphatic carbocycles. The van der Waals surface area contributed by atoms with Gasteiger partial charge in [0.25, 0.3) is 0 Å². The first-order valence-electron chi connectivity index (χ1n) is 16.1. The van der Waals surface area contributed by atoms with Gasteiger partial charge in [0.1, 0.15) is 46.5 Å². The lowest BCUT2D eigenvalue weighted by Crippen LogP contribution is -2.43. The van der Waals surface area contributed by atoms with Gasteiger partial charge in [-0.2, -0.15) is 24.7 Å². The van der Waals surface area contributed by atoms with Crippen LogP contribution in [0.4, 0.5) is 14.6 Å². The van der Waals surface area contributed by atoms with Crippen LogP contribution in [0.15, 0.2) is 6.07 Å². The predicted molar refractivity (Wildman–Crippen MR) is 180 cm³/mol. The van der Waals surface area contributed by atoms with E-state index in [1.54, 1.807) is 13.0 Å². The summed E-state index contributed by atoms with van der Waals surface area (Å²) in [4.78, 5) is 14.6. The van der Waals surface area contributed by atoms with Gasteiger partial charge in [-0.05, 0) is 56.8 Å². The van der Waals surface area contributed by atoms with E-state index in [4.69, 9.17) is 35.4 Å². The molecule has 48 heavy (non-hydrogen) atoms. The minimum atomic E-state index is -1.63. The van der Waals surface area contributed by atoms with Gasteiger partial charge in [0.15, 0.2) is 5.69 Å². The molecule has 3 atom stereocenters. The molecular formula is C32H31ClF2N8O3S2. The molecule has 0 amide bonds. The minimum Gasteiger partial charge on any atom is -0.461 e. The Bertz CT molecular complexity index is 2160. The molecule has 7 heterocycles. The summed E-state index contributed by atoms with van der Waals surface area (Å²) in [5, 5.41) is 29.6. The van der Waals surface area contributed by atoms with Crippen molar-refractivity contribution in [2.45, 2.75) is 62.0 Å². The van der Waals surface area contributed by atoms with Crippen LogP contribution in [0.25, 0.3) is 41.8 Å². The number of thiophene rings is 1. The number of nitrogens with one attached hydrogen (secondary N) is 1. The van der Waals surface area contributed by atoms with Crippen LogP contribution in [0.2, 0.25) is 5.02 Å². The van der Waals surface area contributed by atoms with Crippen LogP contribution >= 0.6 is 34.5 Å². The fourth-order valence-electron chi connectivity index (χ4n) is 7.87. The molecule has 250 valence electrons. The molecular weight excluding hydrogens is 682 g/mol. The first-order chi connectivity index (χ1) is 23.1. The number of aromatic amines is 1. The fraction of sp³-hybridized carbons (Fsp3) is 0.531. The first kappa shape index (κ1) is 30.8. The lowest BCUT2D eigenvalue weighted by molar-refractivity contribution is -0.0123. The van der Waals surface area contributed by atoms with Crippen LogP contribution in [0.3, 0.4) is 0 Å². The molecule has 3 saturated heterocycles. The summed E-state index contributed by atoms with van der Waals surface area (Å²) in [5.74, 6) is 0.569. The number of halogens is 3. The summed E-state index contributed by atoms with van der Waals surface area (Å²) in [5.41, 5.74) is -1.22. The van der Waals surface area contributed by atoms with Gasteiger partial charge in [0.2, 0.25) is 0 Å². The predicted octanol–water partition coefficient (Wildman–Crippen LogP) is 5.87. The monoisotopic (exact) mass is 712 g/mol. The molecule has 9 rings (SSSR count). The number of anilines is 1. The Kier molecular flexibility index (Phi) is 6.97. The van der Waals surface area contributed by atoms with E-state index in [9.17, 15) is 14.8 Å². The highest BCUT2D eigenvalue weighted by Crippen LogP contribution is 2.58. The second-order valence-corrected chi connectivity index (χ2v) is 16.0. The maximum absolute atomic E-state index is 16.1. The van der Waals surface area contributed by atoms with Crippen molar-refractivity contribution >= 4 is 70.8 Å². The number of hydrogen-bond acceptors (Lipinski definition) is 12. The summed E-state index contributed by atoms with van der Waals surface area (Å²) < 4.78 is 49.1. The highest BCUT2D eigenvalue weighted by molar-refractivity contribution is 7.31. The molecule has 0 radical (unpaired) electrons. The minimum absolute atomic E-state index is 0.134. The molecule has 0 bridgehead atoms. The number of aromatic nitrogens is 5. The highest BCUT2D eigenvalue weighted by atomic mass is 35.5. The molecule has 4 fully saturated rings. The van der Waals surface area contributed by atoms with Crippen LogP contribution < -0.4 is 9.64 Å². The van der Waals surface area contributed by atoms with Crippen molar-refractivity contribution in [2.75, 3.05) is 50.9 Å². The molecule has 1 saturated carbocycles. The Morgan fingerprint density at radius 2 is 2.10 bits per heavy atom. The van der Waals surface area contributed by atoms with Gasteiger partial charge in [-0.15, -0.1) is 11.3 Å². The van der Waals surface area contributed by atoms with E-state index in [0.29, 0.717) is 77.3 Å². The van der Waals surface area contributed by atoms with Crippen molar-refractivity contribution < 1.29 is 23.4 Å². The number of H-pyrrole nitrogens is 1. The molecule has 5 aromatic rings. The number of ether oxygens (including phenoxy) is 2. The Morgan fingerprint density at radius 1 is 1.25 bits per heavy atom. The Hall–Kier alpha value is -3.26. The standard InChI is InChI=1S/C32H31ClF2N8O3S2/c1-30(44)13-42(7-8-45-14-30)27-22-25-26(47-28(22)38-29(37-27)46-15-31-3-2-6-43(31)12-16(34)10-31)24(41-48-25)21-20-18(39-40-19(20)11-36)9-17(33)23(21)32(35)4-5-32/h9,16,44H,2-8,10,12-15H2,1H3,(H,39,40)/t16-,30+,31+/m1/s1. The van der Waals surface area contributed by atoms with Crippen molar-refractivity contribution in [1.29, 1.82) is 5.26 Å². The summed E-state index contributed by atoms with van der Waals surface area (Å²) in [6.07, 6.45) is 2.01. The van der Waals surface area contributed by atoms with Crippen LogP contribution in [0.5, 0.6) is 6.01 Å². The van der Waals surface area contributed by atoms with E-state index in [0.717, 1.165) is 34.2 Å². The Labute approximate surface area is 286 Å². The molecule has 2 N–H and O–H groups in total. The van der Waals surface area contributed by atoms with Crippen LogP contribution in [0.1, 0.15) is 50.3 Å². The van der Waals surface area contributed by atoms with E-state index in [-0.39, 0.29) is 42.0 Å². The van der Waals surface area contributed by atoms with Crippen LogP contribution in [-0.2, 0) is 10.4 Å². The Balaban J connectivity index is 1.23. The number of alkyl halides is 2. The van der Waals surface area contributed by atoms with E-state index in [1.165, 1.54) is 22.9 Å². The zero-order valence-electron chi connectivity index (χ0n) is 26.0. The Morgan fingerprint density at radius 3 is 2.92 bits per heavy atom. The van der Waals surface area contributed by atoms with Crippen LogP contribution in [0, 0.1) is 11.3 Å². The van der Waals surface area contributed by atoms with Gasteiger partial charge >= 0.3 is 6.01 Å². The zero-order valence-corrected chi connectivity index (χ0v) is 28.4. The smallest absolute Gasteiger partial charge is 0.319 e. The largest absolute Gasteiger partial charge is 0.461 e. The third kappa shape index (κ3) is 4.79.